The van der Waals surface area contributed by atoms with Crippen LogP contribution in [0.5, 0.6) is 0 Å². The van der Waals surface area contributed by atoms with E-state index >= 15 is 0 Å². The van der Waals surface area contributed by atoms with Crippen molar-refractivity contribution in [2.75, 3.05) is 11.1 Å². The Bertz CT molecular complexity index is 649. The highest BCUT2D eigenvalue weighted by Gasteiger charge is 2.10. The van der Waals surface area contributed by atoms with Gasteiger partial charge in [-0.05, 0) is 18.6 Å². The number of hydrogen-bond donors (Lipinski definition) is 3. The highest BCUT2D eigenvalue weighted by atomic mass is 16.2. The molecular weight excluding hydrogens is 232 g/mol. The van der Waals surface area contributed by atoms with Gasteiger partial charge in [-0.25, -0.2) is 4.98 Å². The summed E-state index contributed by atoms with van der Waals surface area (Å²) in [7, 11) is 0. The van der Waals surface area contributed by atoms with Crippen LogP contribution in [0.2, 0.25) is 0 Å². The van der Waals surface area contributed by atoms with Crippen LogP contribution < -0.4 is 16.5 Å². The molecule has 4 N–H and O–H groups in total. The number of nitrogen functional groups attached to an aromatic ring is 1. The van der Waals surface area contributed by atoms with Crippen LogP contribution in [0.25, 0.3) is 0 Å². The fourth-order valence-electron chi connectivity index (χ4n) is 1.41. The third-order valence-corrected chi connectivity index (χ3v) is 2.46. The van der Waals surface area contributed by atoms with E-state index in [0.717, 1.165) is 5.56 Å². The lowest BCUT2D eigenvalue weighted by Crippen LogP contribution is -2.21. The van der Waals surface area contributed by atoms with E-state index < -0.39 is 5.91 Å². The number of aromatic nitrogens is 2. The third-order valence-electron chi connectivity index (χ3n) is 2.46. The third kappa shape index (κ3) is 2.37. The van der Waals surface area contributed by atoms with Gasteiger partial charge in [0.25, 0.3) is 5.91 Å². The molecule has 0 saturated heterocycles. The maximum Gasteiger partial charge on any atom is 0.262 e. The zero-order chi connectivity index (χ0) is 13.1. The van der Waals surface area contributed by atoms with Crippen molar-refractivity contribution in [2.24, 2.45) is 0 Å². The van der Waals surface area contributed by atoms with E-state index in [1.807, 2.05) is 6.92 Å². The molecule has 0 bridgehead atoms. The first-order valence-electron chi connectivity index (χ1n) is 5.28. The summed E-state index contributed by atoms with van der Waals surface area (Å²) >= 11 is 0. The average molecular weight is 244 g/mol. The van der Waals surface area contributed by atoms with E-state index in [0.29, 0.717) is 11.5 Å². The molecule has 0 fully saturated rings. The molecule has 0 aromatic carbocycles. The number of nitrogens with zero attached hydrogens (tertiary/aromatic N) is 1. The molecule has 0 atom stereocenters. The fourth-order valence-corrected chi connectivity index (χ4v) is 1.41. The Balaban J connectivity index is 2.24. The SMILES string of the molecule is Cc1cc(NC(=O)c2c[nH]ccc2=O)ncc1N. The van der Waals surface area contributed by atoms with Gasteiger partial charge in [-0.2, -0.15) is 0 Å². The first kappa shape index (κ1) is 11.8. The molecule has 2 aromatic heterocycles. The summed E-state index contributed by atoms with van der Waals surface area (Å²) in [5.41, 5.74) is 6.67. The molecule has 1 amide bonds. The standard InChI is InChI=1S/C12H12N4O2/c1-7-4-11(15-6-9(7)13)16-12(18)8-5-14-3-2-10(8)17/h2-6H,13H2,1H3,(H,14,17)(H,15,16,18). The minimum absolute atomic E-state index is 0.0359. The average Bonchev–Trinajstić information content (AvgIpc) is 2.34. The van der Waals surface area contributed by atoms with Gasteiger partial charge < -0.3 is 16.0 Å². The van der Waals surface area contributed by atoms with Crippen LogP contribution in [0.15, 0.2) is 35.5 Å². The predicted octanol–water partition coefficient (Wildman–Crippen LogP) is 0.913. The second kappa shape index (κ2) is 4.70. The predicted molar refractivity (Wildman–Crippen MR) is 68.4 cm³/mol. The Hall–Kier alpha value is -2.63. The number of pyridine rings is 2. The summed E-state index contributed by atoms with van der Waals surface area (Å²) in [5.74, 6) is -0.150. The number of amides is 1. The maximum atomic E-state index is 11.8. The molecule has 0 radical (unpaired) electrons. The molecule has 6 nitrogen and oxygen atoms in total. The lowest BCUT2D eigenvalue weighted by atomic mass is 10.2. The number of H-pyrrole nitrogens is 1. The summed E-state index contributed by atoms with van der Waals surface area (Å²) in [6, 6.07) is 2.93. The van der Waals surface area contributed by atoms with Crippen LogP contribution in [0, 0.1) is 6.92 Å². The van der Waals surface area contributed by atoms with Crippen molar-refractivity contribution >= 4 is 17.4 Å². The van der Waals surface area contributed by atoms with Gasteiger partial charge in [-0.15, -0.1) is 0 Å². The zero-order valence-corrected chi connectivity index (χ0v) is 9.73. The van der Waals surface area contributed by atoms with Crippen molar-refractivity contribution in [1.29, 1.82) is 0 Å². The highest BCUT2D eigenvalue weighted by molar-refractivity contribution is 6.03. The van der Waals surface area contributed by atoms with Crippen LogP contribution in [-0.2, 0) is 0 Å². The van der Waals surface area contributed by atoms with Crippen molar-refractivity contribution in [1.82, 2.24) is 9.97 Å². The zero-order valence-electron chi connectivity index (χ0n) is 9.73. The molecule has 0 spiro atoms. The van der Waals surface area contributed by atoms with Gasteiger partial charge >= 0.3 is 0 Å². The van der Waals surface area contributed by atoms with Gasteiger partial charge in [0.15, 0.2) is 5.43 Å². The number of nitrogens with two attached hydrogens (primary N) is 1. The lowest BCUT2D eigenvalue weighted by Gasteiger charge is -2.05. The number of aryl methyl sites for hydroxylation is 1. The molecule has 0 aliphatic carbocycles. The second-order valence-electron chi connectivity index (χ2n) is 3.80. The first-order chi connectivity index (χ1) is 8.58. The Morgan fingerprint density at radius 3 is 2.94 bits per heavy atom. The molecule has 0 unspecified atom stereocenters. The second-order valence-corrected chi connectivity index (χ2v) is 3.80. The van der Waals surface area contributed by atoms with Crippen molar-refractivity contribution in [3.05, 3.63) is 52.1 Å². The quantitative estimate of drug-likeness (QED) is 0.730. The topological polar surface area (TPSA) is 101 Å². The molecule has 2 aromatic rings. The number of anilines is 2. The van der Waals surface area contributed by atoms with Crippen LogP contribution in [0.1, 0.15) is 15.9 Å². The smallest absolute Gasteiger partial charge is 0.262 e. The van der Waals surface area contributed by atoms with E-state index in [1.54, 1.807) is 6.07 Å². The molecular formula is C12H12N4O2. The summed E-state index contributed by atoms with van der Waals surface area (Å²) < 4.78 is 0. The Labute approximate surface area is 103 Å². The normalized spacial score (nSPS) is 10.1. The number of carbonyl (C=O) groups excluding carboxylic acids is 1. The number of nitrogens with one attached hydrogen (secondary N) is 2. The number of hydrogen-bond acceptors (Lipinski definition) is 4. The maximum absolute atomic E-state index is 11.8. The Morgan fingerprint density at radius 1 is 1.50 bits per heavy atom. The molecule has 0 saturated carbocycles. The van der Waals surface area contributed by atoms with Gasteiger partial charge in [0, 0.05) is 18.5 Å². The molecule has 6 heteroatoms. The largest absolute Gasteiger partial charge is 0.397 e. The summed E-state index contributed by atoms with van der Waals surface area (Å²) in [5, 5.41) is 2.54. The Morgan fingerprint density at radius 2 is 2.28 bits per heavy atom. The monoisotopic (exact) mass is 244 g/mol. The van der Waals surface area contributed by atoms with E-state index in [4.69, 9.17) is 5.73 Å². The number of aromatic amines is 1. The van der Waals surface area contributed by atoms with Crippen molar-refractivity contribution in [3.8, 4) is 0 Å². The van der Waals surface area contributed by atoms with Crippen LogP contribution in [0.4, 0.5) is 11.5 Å². The van der Waals surface area contributed by atoms with Crippen LogP contribution >= 0.6 is 0 Å². The Kier molecular flexibility index (Phi) is 3.09. The lowest BCUT2D eigenvalue weighted by molar-refractivity contribution is 0.102. The van der Waals surface area contributed by atoms with Gasteiger partial charge in [0.2, 0.25) is 0 Å². The first-order valence-corrected chi connectivity index (χ1v) is 5.28. The van der Waals surface area contributed by atoms with Gasteiger partial charge in [0.05, 0.1) is 11.9 Å². The number of rotatable bonds is 2. The summed E-state index contributed by atoms with van der Waals surface area (Å²) in [4.78, 5) is 29.9. The number of carbonyl (C=O) groups is 1. The van der Waals surface area contributed by atoms with E-state index in [-0.39, 0.29) is 11.0 Å². The van der Waals surface area contributed by atoms with E-state index in [9.17, 15) is 9.59 Å². The van der Waals surface area contributed by atoms with E-state index in [1.165, 1.54) is 24.7 Å². The minimum atomic E-state index is -0.506. The fraction of sp³-hybridized carbons (Fsp3) is 0.0833. The minimum Gasteiger partial charge on any atom is -0.397 e. The molecule has 2 rings (SSSR count). The van der Waals surface area contributed by atoms with Crippen molar-refractivity contribution < 1.29 is 4.79 Å². The molecule has 2 heterocycles. The van der Waals surface area contributed by atoms with Crippen LogP contribution in [-0.4, -0.2) is 15.9 Å². The molecule has 0 aliphatic rings. The van der Waals surface area contributed by atoms with Gasteiger partial charge in [-0.3, -0.25) is 9.59 Å². The van der Waals surface area contributed by atoms with E-state index in [2.05, 4.69) is 15.3 Å². The summed E-state index contributed by atoms with van der Waals surface area (Å²) in [6.07, 6.45) is 4.27. The van der Waals surface area contributed by atoms with Crippen LogP contribution in [0.3, 0.4) is 0 Å². The summed E-state index contributed by atoms with van der Waals surface area (Å²) in [6.45, 7) is 1.81. The van der Waals surface area contributed by atoms with Crippen molar-refractivity contribution in [2.45, 2.75) is 6.92 Å². The molecule has 18 heavy (non-hydrogen) atoms. The van der Waals surface area contributed by atoms with Gasteiger partial charge in [0.1, 0.15) is 11.4 Å². The molecule has 0 aliphatic heterocycles. The highest BCUT2D eigenvalue weighted by Crippen LogP contribution is 2.13. The molecule has 92 valence electrons. The van der Waals surface area contributed by atoms with Gasteiger partial charge in [-0.1, -0.05) is 0 Å². The van der Waals surface area contributed by atoms with Crippen molar-refractivity contribution in [3.63, 3.8) is 0 Å².